The maximum absolute atomic E-state index is 5.45. The van der Waals surface area contributed by atoms with Crippen molar-refractivity contribution >= 4 is 0 Å². The minimum atomic E-state index is 0.855. The summed E-state index contributed by atoms with van der Waals surface area (Å²) >= 11 is 0. The molecule has 0 fully saturated rings. The Labute approximate surface area is 95.2 Å². The standard InChI is InChI=1S/C12H28N2O/c1-4-5-11-15-12-9-13-8-6-7-10-14(2)3/h13H,4-12H2,1-3H3. The van der Waals surface area contributed by atoms with Gasteiger partial charge in [-0.05, 0) is 46.4 Å². The number of nitrogens with one attached hydrogen (secondary N) is 1. The molecule has 1 N–H and O–H groups in total. The second-order valence-electron chi connectivity index (χ2n) is 4.23. The summed E-state index contributed by atoms with van der Waals surface area (Å²) in [5.41, 5.74) is 0. The van der Waals surface area contributed by atoms with E-state index in [1.54, 1.807) is 0 Å². The summed E-state index contributed by atoms with van der Waals surface area (Å²) < 4.78 is 5.45. The van der Waals surface area contributed by atoms with Crippen LogP contribution < -0.4 is 5.32 Å². The lowest BCUT2D eigenvalue weighted by Crippen LogP contribution is -2.22. The van der Waals surface area contributed by atoms with Crippen LogP contribution in [0.25, 0.3) is 0 Å². The van der Waals surface area contributed by atoms with E-state index in [1.807, 2.05) is 0 Å². The summed E-state index contributed by atoms with van der Waals surface area (Å²) in [6.07, 6.45) is 4.94. The normalized spacial score (nSPS) is 11.2. The molecule has 3 heteroatoms. The van der Waals surface area contributed by atoms with Gasteiger partial charge in [0.15, 0.2) is 0 Å². The second-order valence-corrected chi connectivity index (χ2v) is 4.23. The molecule has 3 nitrogen and oxygen atoms in total. The molecule has 0 radical (unpaired) electrons. The zero-order valence-electron chi connectivity index (χ0n) is 10.7. The van der Waals surface area contributed by atoms with E-state index in [4.69, 9.17) is 4.74 Å². The Morgan fingerprint density at radius 2 is 1.80 bits per heavy atom. The Balaban J connectivity index is 2.87. The maximum Gasteiger partial charge on any atom is 0.0590 e. The molecule has 0 unspecified atom stereocenters. The Hall–Kier alpha value is -0.120. The first-order chi connectivity index (χ1) is 7.27. The van der Waals surface area contributed by atoms with Crippen molar-refractivity contribution in [2.24, 2.45) is 0 Å². The minimum Gasteiger partial charge on any atom is -0.380 e. The molecule has 0 heterocycles. The topological polar surface area (TPSA) is 24.5 Å². The van der Waals surface area contributed by atoms with E-state index in [2.05, 4.69) is 31.2 Å². The molecule has 0 saturated carbocycles. The van der Waals surface area contributed by atoms with Crippen LogP contribution >= 0.6 is 0 Å². The fourth-order valence-electron chi connectivity index (χ4n) is 1.30. The van der Waals surface area contributed by atoms with Crippen molar-refractivity contribution in [1.29, 1.82) is 0 Å². The van der Waals surface area contributed by atoms with Crippen molar-refractivity contribution in [3.8, 4) is 0 Å². The zero-order chi connectivity index (χ0) is 11.4. The van der Waals surface area contributed by atoms with Gasteiger partial charge in [0.25, 0.3) is 0 Å². The van der Waals surface area contributed by atoms with Crippen LogP contribution in [0.2, 0.25) is 0 Å². The van der Waals surface area contributed by atoms with Gasteiger partial charge in [0.2, 0.25) is 0 Å². The maximum atomic E-state index is 5.45. The van der Waals surface area contributed by atoms with Gasteiger partial charge >= 0.3 is 0 Å². The highest BCUT2D eigenvalue weighted by Gasteiger charge is 1.91. The van der Waals surface area contributed by atoms with Crippen molar-refractivity contribution in [3.05, 3.63) is 0 Å². The van der Waals surface area contributed by atoms with Gasteiger partial charge in [0.05, 0.1) is 6.61 Å². The van der Waals surface area contributed by atoms with Gasteiger partial charge in [-0.15, -0.1) is 0 Å². The predicted molar refractivity (Wildman–Crippen MR) is 66.4 cm³/mol. The number of ether oxygens (including phenoxy) is 1. The van der Waals surface area contributed by atoms with Crippen molar-refractivity contribution < 1.29 is 4.74 Å². The van der Waals surface area contributed by atoms with Gasteiger partial charge in [0.1, 0.15) is 0 Å². The lowest BCUT2D eigenvalue weighted by Gasteiger charge is -2.09. The van der Waals surface area contributed by atoms with E-state index in [0.29, 0.717) is 0 Å². The quantitative estimate of drug-likeness (QED) is 0.532. The molecular weight excluding hydrogens is 188 g/mol. The van der Waals surface area contributed by atoms with Gasteiger partial charge in [-0.2, -0.15) is 0 Å². The van der Waals surface area contributed by atoms with E-state index >= 15 is 0 Å². The van der Waals surface area contributed by atoms with Crippen molar-refractivity contribution in [2.45, 2.75) is 32.6 Å². The first-order valence-corrected chi connectivity index (χ1v) is 6.20. The largest absolute Gasteiger partial charge is 0.380 e. The van der Waals surface area contributed by atoms with Crippen LogP contribution in [-0.2, 0) is 4.74 Å². The molecule has 15 heavy (non-hydrogen) atoms. The highest BCUT2D eigenvalue weighted by Crippen LogP contribution is 1.89. The average Bonchev–Trinajstić information content (AvgIpc) is 2.20. The highest BCUT2D eigenvalue weighted by molar-refractivity contribution is 4.50. The highest BCUT2D eigenvalue weighted by atomic mass is 16.5. The third-order valence-electron chi connectivity index (χ3n) is 2.27. The van der Waals surface area contributed by atoms with Crippen LogP contribution in [0.1, 0.15) is 32.6 Å². The number of hydrogen-bond acceptors (Lipinski definition) is 3. The molecule has 0 bridgehead atoms. The number of unbranched alkanes of at least 4 members (excludes halogenated alkanes) is 2. The first kappa shape index (κ1) is 14.9. The van der Waals surface area contributed by atoms with E-state index in [-0.39, 0.29) is 0 Å². The molecule has 0 spiro atoms. The van der Waals surface area contributed by atoms with Crippen LogP contribution in [0.15, 0.2) is 0 Å². The summed E-state index contributed by atoms with van der Waals surface area (Å²) in [6.45, 7) is 7.25. The zero-order valence-corrected chi connectivity index (χ0v) is 10.7. The molecule has 0 aliphatic carbocycles. The molecule has 0 aliphatic heterocycles. The lowest BCUT2D eigenvalue weighted by atomic mass is 10.3. The van der Waals surface area contributed by atoms with E-state index < -0.39 is 0 Å². The van der Waals surface area contributed by atoms with Gasteiger partial charge in [0, 0.05) is 13.2 Å². The van der Waals surface area contributed by atoms with Crippen LogP contribution in [0.4, 0.5) is 0 Å². The van der Waals surface area contributed by atoms with Crippen molar-refractivity contribution in [2.75, 3.05) is 46.9 Å². The summed E-state index contributed by atoms with van der Waals surface area (Å²) in [6, 6.07) is 0. The van der Waals surface area contributed by atoms with Crippen molar-refractivity contribution in [3.63, 3.8) is 0 Å². The minimum absolute atomic E-state index is 0.855. The molecule has 0 aliphatic rings. The third kappa shape index (κ3) is 13.9. The molecule has 0 rings (SSSR count). The lowest BCUT2D eigenvalue weighted by molar-refractivity contribution is 0.133. The van der Waals surface area contributed by atoms with Crippen LogP contribution in [-0.4, -0.2) is 51.8 Å². The fourth-order valence-corrected chi connectivity index (χ4v) is 1.30. The third-order valence-corrected chi connectivity index (χ3v) is 2.27. The smallest absolute Gasteiger partial charge is 0.0590 e. The first-order valence-electron chi connectivity index (χ1n) is 6.20. The molecular formula is C12H28N2O. The Morgan fingerprint density at radius 1 is 1.00 bits per heavy atom. The van der Waals surface area contributed by atoms with Crippen LogP contribution in [0.3, 0.4) is 0 Å². The van der Waals surface area contributed by atoms with E-state index in [1.165, 1.54) is 32.2 Å². The Morgan fingerprint density at radius 3 is 2.47 bits per heavy atom. The van der Waals surface area contributed by atoms with Crippen molar-refractivity contribution in [1.82, 2.24) is 10.2 Å². The van der Waals surface area contributed by atoms with Gasteiger partial charge in [-0.25, -0.2) is 0 Å². The fraction of sp³-hybridized carbons (Fsp3) is 1.00. The summed E-state index contributed by atoms with van der Waals surface area (Å²) in [5, 5.41) is 3.39. The van der Waals surface area contributed by atoms with Gasteiger partial charge in [-0.3, -0.25) is 0 Å². The second kappa shape index (κ2) is 12.0. The SMILES string of the molecule is CCCCOCCNCCCCN(C)C. The monoisotopic (exact) mass is 216 g/mol. The van der Waals surface area contributed by atoms with Gasteiger partial charge in [-0.1, -0.05) is 13.3 Å². The van der Waals surface area contributed by atoms with E-state index in [0.717, 1.165) is 26.3 Å². The number of hydrogen-bond donors (Lipinski definition) is 1. The Kier molecular flexibility index (Phi) is 11.9. The molecule has 0 atom stereocenters. The molecule has 0 saturated heterocycles. The number of rotatable bonds is 11. The Bertz CT molecular complexity index is 118. The number of nitrogens with zero attached hydrogens (tertiary/aromatic N) is 1. The van der Waals surface area contributed by atoms with Crippen LogP contribution in [0.5, 0.6) is 0 Å². The van der Waals surface area contributed by atoms with E-state index in [9.17, 15) is 0 Å². The summed E-state index contributed by atoms with van der Waals surface area (Å²) in [5.74, 6) is 0. The van der Waals surface area contributed by atoms with Gasteiger partial charge < -0.3 is 15.0 Å². The summed E-state index contributed by atoms with van der Waals surface area (Å²) in [7, 11) is 4.24. The average molecular weight is 216 g/mol. The summed E-state index contributed by atoms with van der Waals surface area (Å²) in [4.78, 5) is 2.23. The van der Waals surface area contributed by atoms with Crippen LogP contribution in [0, 0.1) is 0 Å². The molecule has 0 aromatic rings. The predicted octanol–water partition coefficient (Wildman–Crippen LogP) is 1.73. The molecule has 0 amide bonds. The molecule has 0 aromatic carbocycles. The molecule has 92 valence electrons. The molecule has 0 aromatic heterocycles.